The van der Waals surface area contributed by atoms with E-state index in [1.54, 1.807) is 51.5 Å². The van der Waals surface area contributed by atoms with Gasteiger partial charge >= 0.3 is 0 Å². The highest BCUT2D eigenvalue weighted by Gasteiger charge is 2.21. The number of anilines is 3. The molecule has 0 aliphatic rings. The Hall–Kier alpha value is -3.59. The normalized spacial score (nSPS) is 10.4. The van der Waals surface area contributed by atoms with Crippen LogP contribution in [0, 0.1) is 6.92 Å². The molecule has 31 heavy (non-hydrogen) atoms. The van der Waals surface area contributed by atoms with Crippen molar-refractivity contribution in [1.29, 1.82) is 0 Å². The SMILES string of the molecule is CCOc1cccnc1C(=O)Nc1nnc(Cl)c(C)c1Nc1c(OC)cccc1OC. The number of aromatic nitrogens is 3. The van der Waals surface area contributed by atoms with Gasteiger partial charge in [-0.05, 0) is 38.1 Å². The van der Waals surface area contributed by atoms with Gasteiger partial charge in [-0.2, -0.15) is 0 Å². The zero-order chi connectivity index (χ0) is 22.4. The van der Waals surface area contributed by atoms with Crippen molar-refractivity contribution in [2.75, 3.05) is 31.5 Å². The predicted molar refractivity (Wildman–Crippen MR) is 118 cm³/mol. The highest BCUT2D eigenvalue weighted by molar-refractivity contribution is 6.30. The van der Waals surface area contributed by atoms with Gasteiger partial charge in [-0.1, -0.05) is 17.7 Å². The topological polar surface area (TPSA) is 107 Å². The number of hydrogen-bond donors (Lipinski definition) is 2. The largest absolute Gasteiger partial charge is 0.494 e. The number of methoxy groups -OCH3 is 2. The number of carbonyl (C=O) groups is 1. The van der Waals surface area contributed by atoms with Crippen LogP contribution in [0.4, 0.5) is 17.2 Å². The summed E-state index contributed by atoms with van der Waals surface area (Å²) in [5.74, 6) is 1.09. The van der Waals surface area contributed by atoms with Gasteiger partial charge in [0, 0.05) is 11.8 Å². The third kappa shape index (κ3) is 4.77. The molecule has 3 rings (SSSR count). The Labute approximate surface area is 184 Å². The molecule has 0 saturated carbocycles. The van der Waals surface area contributed by atoms with Gasteiger partial charge in [-0.25, -0.2) is 4.98 Å². The Bertz CT molecular complexity index is 1070. The monoisotopic (exact) mass is 443 g/mol. The lowest BCUT2D eigenvalue weighted by atomic mass is 10.2. The predicted octanol–water partition coefficient (Wildman–Crippen LogP) is 4.25. The quantitative estimate of drug-likeness (QED) is 0.532. The lowest BCUT2D eigenvalue weighted by molar-refractivity contribution is 0.101. The first kappa shape index (κ1) is 22.1. The first-order chi connectivity index (χ1) is 15.0. The summed E-state index contributed by atoms with van der Waals surface area (Å²) in [4.78, 5) is 17.1. The fourth-order valence-electron chi connectivity index (χ4n) is 2.84. The number of nitrogens with zero attached hydrogens (tertiary/aromatic N) is 3. The van der Waals surface area contributed by atoms with Crippen molar-refractivity contribution in [1.82, 2.24) is 15.2 Å². The van der Waals surface area contributed by atoms with E-state index in [4.69, 9.17) is 25.8 Å². The van der Waals surface area contributed by atoms with Crippen LogP contribution in [0.25, 0.3) is 0 Å². The van der Waals surface area contributed by atoms with Crippen LogP contribution in [-0.4, -0.2) is 41.9 Å². The van der Waals surface area contributed by atoms with Crippen LogP contribution in [0.5, 0.6) is 17.2 Å². The average Bonchev–Trinajstić information content (AvgIpc) is 2.79. The third-order valence-corrected chi connectivity index (χ3v) is 4.71. The molecule has 3 aromatic rings. The van der Waals surface area contributed by atoms with Crippen molar-refractivity contribution >= 4 is 34.7 Å². The van der Waals surface area contributed by atoms with Crippen molar-refractivity contribution in [3.8, 4) is 17.2 Å². The van der Waals surface area contributed by atoms with Crippen LogP contribution in [-0.2, 0) is 0 Å². The molecule has 2 N–H and O–H groups in total. The van der Waals surface area contributed by atoms with E-state index in [0.29, 0.717) is 40.8 Å². The van der Waals surface area contributed by atoms with Crippen molar-refractivity contribution in [3.05, 3.63) is 52.9 Å². The molecule has 0 spiro atoms. The summed E-state index contributed by atoms with van der Waals surface area (Å²) in [6.45, 7) is 3.97. The van der Waals surface area contributed by atoms with Gasteiger partial charge < -0.3 is 24.8 Å². The summed E-state index contributed by atoms with van der Waals surface area (Å²) >= 11 is 6.20. The second-order valence-corrected chi connectivity index (χ2v) is 6.60. The standard InChI is InChI=1S/C21H22ClN5O4/c1-5-31-15-10-7-11-23-18(15)21(28)25-20-16(12(2)19(22)26-27-20)24-17-13(29-3)8-6-9-14(17)30-4/h6-11H,5H2,1-4H3,(H,24,26)(H,25,27,28). The molecule has 0 aliphatic heterocycles. The molecule has 2 aromatic heterocycles. The van der Waals surface area contributed by atoms with Gasteiger partial charge in [0.25, 0.3) is 5.91 Å². The summed E-state index contributed by atoms with van der Waals surface area (Å²) in [7, 11) is 3.09. The molecule has 0 bridgehead atoms. The number of pyridine rings is 1. The number of nitrogens with one attached hydrogen (secondary N) is 2. The van der Waals surface area contributed by atoms with Gasteiger partial charge in [0.15, 0.2) is 22.4 Å². The molecule has 0 saturated heterocycles. The van der Waals surface area contributed by atoms with E-state index in [1.165, 1.54) is 6.20 Å². The molecule has 0 fully saturated rings. The van der Waals surface area contributed by atoms with E-state index in [0.717, 1.165) is 0 Å². The van der Waals surface area contributed by atoms with Crippen LogP contribution in [0.2, 0.25) is 5.15 Å². The number of halogens is 1. The second kappa shape index (κ2) is 9.94. The minimum absolute atomic E-state index is 0.125. The molecule has 1 aromatic carbocycles. The van der Waals surface area contributed by atoms with Crippen molar-refractivity contribution in [3.63, 3.8) is 0 Å². The van der Waals surface area contributed by atoms with E-state index in [-0.39, 0.29) is 16.7 Å². The van der Waals surface area contributed by atoms with E-state index in [1.807, 2.05) is 6.92 Å². The first-order valence-corrected chi connectivity index (χ1v) is 9.77. The van der Waals surface area contributed by atoms with Gasteiger partial charge in [-0.15, -0.1) is 10.2 Å². The fourth-order valence-corrected chi connectivity index (χ4v) is 2.97. The number of rotatable bonds is 8. The number of benzene rings is 1. The van der Waals surface area contributed by atoms with Crippen molar-refractivity contribution in [2.45, 2.75) is 13.8 Å². The minimum Gasteiger partial charge on any atom is -0.494 e. The summed E-state index contributed by atoms with van der Waals surface area (Å²) in [5.41, 5.74) is 1.68. The zero-order valence-electron chi connectivity index (χ0n) is 17.5. The molecule has 0 radical (unpaired) electrons. The molecule has 0 aliphatic carbocycles. The maximum Gasteiger partial charge on any atom is 0.279 e. The van der Waals surface area contributed by atoms with E-state index >= 15 is 0 Å². The molecule has 0 atom stereocenters. The number of ether oxygens (including phenoxy) is 3. The van der Waals surface area contributed by atoms with Gasteiger partial charge in [0.05, 0.1) is 26.5 Å². The number of para-hydroxylation sites is 1. The maximum absolute atomic E-state index is 12.9. The average molecular weight is 444 g/mol. The molecular weight excluding hydrogens is 422 g/mol. The lowest BCUT2D eigenvalue weighted by Gasteiger charge is -2.18. The molecule has 2 heterocycles. The van der Waals surface area contributed by atoms with E-state index in [9.17, 15) is 4.79 Å². The molecule has 0 unspecified atom stereocenters. The van der Waals surface area contributed by atoms with Crippen LogP contribution >= 0.6 is 11.6 Å². The minimum atomic E-state index is -0.505. The Balaban J connectivity index is 2.02. The van der Waals surface area contributed by atoms with Gasteiger partial charge in [0.2, 0.25) is 0 Å². The third-order valence-electron chi connectivity index (χ3n) is 4.35. The Morgan fingerprint density at radius 2 is 1.71 bits per heavy atom. The lowest BCUT2D eigenvalue weighted by Crippen LogP contribution is -2.18. The molecule has 9 nitrogen and oxygen atoms in total. The second-order valence-electron chi connectivity index (χ2n) is 6.24. The molecule has 162 valence electrons. The highest BCUT2D eigenvalue weighted by atomic mass is 35.5. The van der Waals surface area contributed by atoms with Crippen LogP contribution in [0.15, 0.2) is 36.5 Å². The van der Waals surface area contributed by atoms with Crippen molar-refractivity contribution in [2.24, 2.45) is 0 Å². The smallest absolute Gasteiger partial charge is 0.279 e. The summed E-state index contributed by atoms with van der Waals surface area (Å²) < 4.78 is 16.4. The maximum atomic E-state index is 12.9. The molecular formula is C21H22ClN5O4. The Kier molecular flexibility index (Phi) is 7.09. The van der Waals surface area contributed by atoms with E-state index < -0.39 is 5.91 Å². The summed E-state index contributed by atoms with van der Waals surface area (Å²) in [6, 6.07) is 8.71. The first-order valence-electron chi connectivity index (χ1n) is 9.40. The summed E-state index contributed by atoms with van der Waals surface area (Å²) in [6.07, 6.45) is 1.51. The van der Waals surface area contributed by atoms with Crippen molar-refractivity contribution < 1.29 is 19.0 Å². The van der Waals surface area contributed by atoms with Gasteiger partial charge in [0.1, 0.15) is 17.2 Å². The van der Waals surface area contributed by atoms with Crippen LogP contribution < -0.4 is 24.8 Å². The van der Waals surface area contributed by atoms with Crippen LogP contribution in [0.1, 0.15) is 23.0 Å². The molecule has 1 amide bonds. The van der Waals surface area contributed by atoms with Gasteiger partial charge in [-0.3, -0.25) is 4.79 Å². The zero-order valence-corrected chi connectivity index (χ0v) is 18.3. The fraction of sp³-hybridized carbons (Fsp3) is 0.238. The highest BCUT2D eigenvalue weighted by Crippen LogP contribution is 2.40. The molecule has 10 heteroatoms. The number of carbonyl (C=O) groups excluding carboxylic acids is 1. The Morgan fingerprint density at radius 1 is 1.03 bits per heavy atom. The Morgan fingerprint density at radius 3 is 2.35 bits per heavy atom. The summed E-state index contributed by atoms with van der Waals surface area (Å²) in [5, 5.41) is 14.1. The van der Waals surface area contributed by atoms with E-state index in [2.05, 4.69) is 25.8 Å². The number of amides is 1. The number of hydrogen-bond acceptors (Lipinski definition) is 8. The van der Waals surface area contributed by atoms with Crippen LogP contribution in [0.3, 0.4) is 0 Å².